The topological polar surface area (TPSA) is 97.6 Å². The maximum atomic E-state index is 10.6. The molecule has 0 spiro atoms. The van der Waals surface area contributed by atoms with Gasteiger partial charge in [-0.1, -0.05) is 0 Å². The molecule has 0 radical (unpaired) electrons. The highest BCUT2D eigenvalue weighted by atomic mass is 16.6. The number of nitrogens with zero attached hydrogens (tertiary/aromatic N) is 4. The number of hydrogen-bond acceptors (Lipinski definition) is 5. The third-order valence-electron chi connectivity index (χ3n) is 2.57. The number of aromatic nitrogens is 4. The van der Waals surface area contributed by atoms with Crippen molar-refractivity contribution in [1.82, 2.24) is 19.9 Å². The Morgan fingerprint density at radius 3 is 2.61 bits per heavy atom. The predicted molar refractivity (Wildman–Crippen MR) is 63.8 cm³/mol. The molecular formula is C11H7N5O2. The van der Waals surface area contributed by atoms with Crippen molar-refractivity contribution in [2.24, 2.45) is 0 Å². The minimum Gasteiger partial charge on any atom is -0.341 e. The minimum atomic E-state index is -0.435. The van der Waals surface area contributed by atoms with Crippen molar-refractivity contribution >= 4 is 16.9 Å². The van der Waals surface area contributed by atoms with Gasteiger partial charge in [0.2, 0.25) is 0 Å². The summed E-state index contributed by atoms with van der Waals surface area (Å²) in [6.45, 7) is 0. The Labute approximate surface area is 101 Å². The molecule has 2 aromatic heterocycles. The third-order valence-corrected chi connectivity index (χ3v) is 2.57. The Kier molecular flexibility index (Phi) is 2.23. The summed E-state index contributed by atoms with van der Waals surface area (Å²) >= 11 is 0. The fourth-order valence-electron chi connectivity index (χ4n) is 1.72. The molecule has 0 fully saturated rings. The Bertz CT molecular complexity index is 720. The molecule has 0 amide bonds. The highest BCUT2D eigenvalue weighted by Gasteiger charge is 2.10. The van der Waals surface area contributed by atoms with Crippen LogP contribution >= 0.6 is 0 Å². The van der Waals surface area contributed by atoms with Crippen molar-refractivity contribution in [2.75, 3.05) is 0 Å². The van der Waals surface area contributed by atoms with Crippen molar-refractivity contribution in [2.45, 2.75) is 0 Å². The number of non-ortho nitro benzene ring substituents is 1. The van der Waals surface area contributed by atoms with Gasteiger partial charge < -0.3 is 4.98 Å². The molecule has 3 rings (SSSR count). The van der Waals surface area contributed by atoms with Gasteiger partial charge in [-0.3, -0.25) is 10.1 Å². The van der Waals surface area contributed by atoms with Gasteiger partial charge in [0.05, 0.1) is 16.9 Å². The van der Waals surface area contributed by atoms with E-state index in [0.717, 1.165) is 5.56 Å². The van der Waals surface area contributed by atoms with Gasteiger partial charge in [-0.25, -0.2) is 15.0 Å². The summed E-state index contributed by atoms with van der Waals surface area (Å²) in [7, 11) is 0. The summed E-state index contributed by atoms with van der Waals surface area (Å²) in [5.74, 6) is 0. The van der Waals surface area contributed by atoms with Gasteiger partial charge in [0, 0.05) is 17.7 Å². The van der Waals surface area contributed by atoms with Crippen molar-refractivity contribution in [3.8, 4) is 11.3 Å². The van der Waals surface area contributed by atoms with Crippen LogP contribution in [-0.2, 0) is 0 Å². The largest absolute Gasteiger partial charge is 0.341 e. The van der Waals surface area contributed by atoms with Crippen LogP contribution in [0.15, 0.2) is 36.9 Å². The molecule has 0 atom stereocenters. The lowest BCUT2D eigenvalue weighted by molar-refractivity contribution is -0.384. The van der Waals surface area contributed by atoms with E-state index in [0.29, 0.717) is 16.9 Å². The number of nitrogens with one attached hydrogen (secondary N) is 1. The molecule has 2 heterocycles. The van der Waals surface area contributed by atoms with Crippen LogP contribution in [0.1, 0.15) is 0 Å². The zero-order chi connectivity index (χ0) is 12.5. The van der Waals surface area contributed by atoms with E-state index in [1.807, 2.05) is 0 Å². The third kappa shape index (κ3) is 1.58. The quantitative estimate of drug-likeness (QED) is 0.546. The van der Waals surface area contributed by atoms with Crippen molar-refractivity contribution in [3.63, 3.8) is 0 Å². The summed E-state index contributed by atoms with van der Waals surface area (Å²) in [6, 6.07) is 6.20. The zero-order valence-electron chi connectivity index (χ0n) is 9.07. The zero-order valence-corrected chi connectivity index (χ0v) is 9.07. The Morgan fingerprint density at radius 1 is 1.11 bits per heavy atom. The number of aromatic amines is 1. The fraction of sp³-hybridized carbons (Fsp3) is 0. The summed E-state index contributed by atoms with van der Waals surface area (Å²) in [5.41, 5.74) is 2.78. The standard InChI is InChI=1S/C11H7N5O2/c17-16(18)8-3-1-7(2-4-8)9-10-11(14-5-12-9)15-6-13-10/h1-6H,(H,12,13,14,15). The normalized spacial score (nSPS) is 10.7. The molecule has 0 bridgehead atoms. The smallest absolute Gasteiger partial charge is 0.269 e. The van der Waals surface area contributed by atoms with E-state index in [4.69, 9.17) is 0 Å². The highest BCUT2D eigenvalue weighted by Crippen LogP contribution is 2.24. The first kappa shape index (κ1) is 10.3. The number of benzene rings is 1. The second-order valence-corrected chi connectivity index (χ2v) is 3.63. The molecule has 88 valence electrons. The number of nitro benzene ring substituents is 1. The van der Waals surface area contributed by atoms with Crippen LogP contribution in [0.3, 0.4) is 0 Å². The fourth-order valence-corrected chi connectivity index (χ4v) is 1.72. The van der Waals surface area contributed by atoms with E-state index < -0.39 is 4.92 Å². The molecule has 0 saturated heterocycles. The van der Waals surface area contributed by atoms with Crippen LogP contribution in [0.25, 0.3) is 22.4 Å². The summed E-state index contributed by atoms with van der Waals surface area (Å²) in [4.78, 5) is 25.3. The van der Waals surface area contributed by atoms with Crippen LogP contribution in [0.2, 0.25) is 0 Å². The van der Waals surface area contributed by atoms with Crippen molar-refractivity contribution < 1.29 is 4.92 Å². The Hall–Kier alpha value is -2.83. The number of H-pyrrole nitrogens is 1. The molecule has 3 aromatic rings. The predicted octanol–water partition coefficient (Wildman–Crippen LogP) is 1.93. The van der Waals surface area contributed by atoms with Crippen LogP contribution in [0.4, 0.5) is 5.69 Å². The minimum absolute atomic E-state index is 0.0497. The summed E-state index contributed by atoms with van der Waals surface area (Å²) in [5, 5.41) is 10.6. The molecule has 18 heavy (non-hydrogen) atoms. The van der Waals surface area contributed by atoms with Crippen LogP contribution in [0.5, 0.6) is 0 Å². The second kappa shape index (κ2) is 3.88. The van der Waals surface area contributed by atoms with E-state index in [1.54, 1.807) is 12.1 Å². The first-order chi connectivity index (χ1) is 8.75. The molecule has 0 aliphatic heterocycles. The van der Waals surface area contributed by atoms with Crippen LogP contribution in [0, 0.1) is 10.1 Å². The number of hydrogen-bond donors (Lipinski definition) is 1. The van der Waals surface area contributed by atoms with Gasteiger partial charge in [-0.2, -0.15) is 0 Å². The molecule has 1 N–H and O–H groups in total. The summed E-state index contributed by atoms with van der Waals surface area (Å²) < 4.78 is 0. The lowest BCUT2D eigenvalue weighted by Gasteiger charge is -2.00. The van der Waals surface area contributed by atoms with Gasteiger partial charge in [-0.05, 0) is 12.1 Å². The Balaban J connectivity index is 2.14. The van der Waals surface area contributed by atoms with Gasteiger partial charge in [0.15, 0.2) is 5.65 Å². The molecular weight excluding hydrogens is 234 g/mol. The second-order valence-electron chi connectivity index (χ2n) is 3.63. The van der Waals surface area contributed by atoms with Crippen LogP contribution < -0.4 is 0 Å². The molecule has 1 aromatic carbocycles. The SMILES string of the molecule is O=[N+]([O-])c1ccc(-c2ncnc3nc[nH]c23)cc1. The molecule has 0 saturated carbocycles. The number of nitro groups is 1. The van der Waals surface area contributed by atoms with E-state index in [2.05, 4.69) is 19.9 Å². The average Bonchev–Trinajstić information content (AvgIpc) is 2.87. The van der Waals surface area contributed by atoms with Crippen molar-refractivity contribution in [3.05, 3.63) is 47.0 Å². The maximum Gasteiger partial charge on any atom is 0.269 e. The van der Waals surface area contributed by atoms with Gasteiger partial charge in [0.1, 0.15) is 11.8 Å². The number of rotatable bonds is 2. The molecule has 7 heteroatoms. The molecule has 7 nitrogen and oxygen atoms in total. The molecule has 0 aliphatic rings. The number of imidazole rings is 1. The highest BCUT2D eigenvalue weighted by molar-refractivity contribution is 5.86. The lowest BCUT2D eigenvalue weighted by Crippen LogP contribution is -1.90. The van der Waals surface area contributed by atoms with E-state index in [-0.39, 0.29) is 5.69 Å². The van der Waals surface area contributed by atoms with E-state index >= 15 is 0 Å². The lowest BCUT2D eigenvalue weighted by atomic mass is 10.1. The first-order valence-electron chi connectivity index (χ1n) is 5.14. The van der Waals surface area contributed by atoms with Gasteiger partial charge in [-0.15, -0.1) is 0 Å². The van der Waals surface area contributed by atoms with E-state index in [1.165, 1.54) is 24.8 Å². The van der Waals surface area contributed by atoms with E-state index in [9.17, 15) is 10.1 Å². The summed E-state index contributed by atoms with van der Waals surface area (Å²) in [6.07, 6.45) is 2.95. The monoisotopic (exact) mass is 241 g/mol. The van der Waals surface area contributed by atoms with Gasteiger partial charge in [0.25, 0.3) is 5.69 Å². The average molecular weight is 241 g/mol. The number of fused-ring (bicyclic) bond motifs is 1. The molecule has 0 aliphatic carbocycles. The molecule has 0 unspecified atom stereocenters. The maximum absolute atomic E-state index is 10.6. The first-order valence-corrected chi connectivity index (χ1v) is 5.14. The van der Waals surface area contributed by atoms with Crippen LogP contribution in [-0.4, -0.2) is 24.9 Å². The van der Waals surface area contributed by atoms with Gasteiger partial charge >= 0.3 is 0 Å². The van der Waals surface area contributed by atoms with Crippen molar-refractivity contribution in [1.29, 1.82) is 0 Å². The Morgan fingerprint density at radius 2 is 1.89 bits per heavy atom.